The number of hydrogen-bond donors (Lipinski definition) is 2. The van der Waals surface area contributed by atoms with E-state index >= 15 is 0 Å². The Hall–Kier alpha value is -0.770. The molecule has 0 saturated heterocycles. The molecule has 3 nitrogen and oxygen atoms in total. The van der Waals surface area contributed by atoms with Crippen molar-refractivity contribution in [2.75, 3.05) is 5.48 Å². The number of aryl methyl sites for hydroxylation is 1. The molecule has 0 atom stereocenters. The number of hydrogen-bond acceptors (Lipinski definition) is 3. The van der Waals surface area contributed by atoms with E-state index in [1.165, 1.54) is 0 Å². The average Bonchev–Trinajstić information content (AvgIpc) is 2.18. The molecule has 0 aliphatic rings. The molecular formula is C13H20ClNO2. The van der Waals surface area contributed by atoms with Gasteiger partial charge < -0.3 is 5.11 Å². The van der Waals surface area contributed by atoms with Gasteiger partial charge in [-0.05, 0) is 52.3 Å². The molecule has 0 aliphatic carbocycles. The predicted octanol–water partition coefficient (Wildman–Crippen LogP) is 3.54. The van der Waals surface area contributed by atoms with E-state index in [-0.39, 0.29) is 0 Å². The van der Waals surface area contributed by atoms with Gasteiger partial charge in [0.2, 0.25) is 0 Å². The fraction of sp³-hybridized carbons (Fsp3) is 0.538. The molecule has 1 rings (SSSR count). The van der Waals surface area contributed by atoms with Crippen molar-refractivity contribution >= 4 is 17.3 Å². The Balaban J connectivity index is 2.71. The maximum absolute atomic E-state index is 9.93. The van der Waals surface area contributed by atoms with Crippen LogP contribution in [0.2, 0.25) is 5.02 Å². The molecule has 0 fully saturated rings. The van der Waals surface area contributed by atoms with Crippen molar-refractivity contribution < 1.29 is 9.94 Å². The van der Waals surface area contributed by atoms with Crippen LogP contribution in [0.1, 0.15) is 33.3 Å². The number of rotatable bonds is 4. The summed E-state index contributed by atoms with van der Waals surface area (Å²) in [6, 6.07) is 5.57. The Morgan fingerprint density at radius 3 is 2.29 bits per heavy atom. The summed E-state index contributed by atoms with van der Waals surface area (Å²) in [4.78, 5) is 5.52. The normalized spacial score (nSPS) is 12.6. The maximum Gasteiger partial charge on any atom is 0.118 e. The van der Waals surface area contributed by atoms with Crippen molar-refractivity contribution in [3.63, 3.8) is 0 Å². The van der Waals surface area contributed by atoms with E-state index in [0.717, 1.165) is 11.3 Å². The second-order valence-corrected chi connectivity index (χ2v) is 5.64. The highest BCUT2D eigenvalue weighted by molar-refractivity contribution is 6.31. The first-order valence-electron chi connectivity index (χ1n) is 5.56. The van der Waals surface area contributed by atoms with Crippen LogP contribution >= 0.6 is 11.6 Å². The zero-order valence-electron chi connectivity index (χ0n) is 11.0. The Labute approximate surface area is 108 Å². The van der Waals surface area contributed by atoms with E-state index in [1.54, 1.807) is 19.9 Å². The van der Waals surface area contributed by atoms with Crippen molar-refractivity contribution in [3.8, 4) is 0 Å². The maximum atomic E-state index is 9.93. The molecule has 0 unspecified atom stereocenters. The molecule has 1 aromatic carbocycles. The molecular weight excluding hydrogens is 238 g/mol. The Morgan fingerprint density at radius 1 is 1.24 bits per heavy atom. The van der Waals surface area contributed by atoms with E-state index in [0.29, 0.717) is 5.02 Å². The van der Waals surface area contributed by atoms with Crippen molar-refractivity contribution in [2.24, 2.45) is 0 Å². The lowest BCUT2D eigenvalue weighted by atomic mass is 9.90. The van der Waals surface area contributed by atoms with E-state index in [2.05, 4.69) is 5.48 Å². The monoisotopic (exact) mass is 257 g/mol. The lowest BCUT2D eigenvalue weighted by Crippen LogP contribution is -2.48. The summed E-state index contributed by atoms with van der Waals surface area (Å²) in [6.45, 7) is 8.98. The molecule has 0 saturated carbocycles. The number of nitrogens with one attached hydrogen (secondary N) is 1. The molecule has 4 heteroatoms. The zero-order valence-corrected chi connectivity index (χ0v) is 11.7. The lowest BCUT2D eigenvalue weighted by molar-refractivity contribution is -0.130. The third kappa shape index (κ3) is 3.60. The van der Waals surface area contributed by atoms with Crippen LogP contribution in [0.5, 0.6) is 0 Å². The van der Waals surface area contributed by atoms with Gasteiger partial charge in [-0.2, -0.15) is 0 Å². The summed E-state index contributed by atoms with van der Waals surface area (Å²) in [5, 5.41) is 10.6. The van der Waals surface area contributed by atoms with Gasteiger partial charge in [0, 0.05) is 5.02 Å². The molecule has 0 spiro atoms. The highest BCUT2D eigenvalue weighted by atomic mass is 35.5. The zero-order chi connectivity index (χ0) is 13.3. The van der Waals surface area contributed by atoms with E-state index in [4.69, 9.17) is 16.4 Å². The Kier molecular flexibility index (Phi) is 4.07. The van der Waals surface area contributed by atoms with Crippen molar-refractivity contribution in [1.29, 1.82) is 0 Å². The average molecular weight is 258 g/mol. The predicted molar refractivity (Wildman–Crippen MR) is 71.3 cm³/mol. The standard InChI is InChI=1S/C13H20ClNO2/c1-9-6-7-10(8-11(9)14)15-17-13(4,5)12(2,3)16/h6-8,15-16H,1-5H3. The highest BCUT2D eigenvalue weighted by Gasteiger charge is 2.36. The minimum absolute atomic E-state index is 0.680. The molecule has 0 amide bonds. The van der Waals surface area contributed by atoms with E-state index < -0.39 is 11.2 Å². The van der Waals surface area contributed by atoms with Gasteiger partial charge in [0.05, 0.1) is 11.3 Å². The minimum Gasteiger partial charge on any atom is -0.387 e. The number of halogens is 1. The van der Waals surface area contributed by atoms with Gasteiger partial charge in [-0.15, -0.1) is 0 Å². The second kappa shape index (κ2) is 4.84. The van der Waals surface area contributed by atoms with Crippen LogP contribution in [0, 0.1) is 6.92 Å². The molecule has 2 N–H and O–H groups in total. The first-order valence-corrected chi connectivity index (χ1v) is 5.94. The van der Waals surface area contributed by atoms with Crippen LogP contribution in [0.25, 0.3) is 0 Å². The van der Waals surface area contributed by atoms with Crippen LogP contribution in [-0.4, -0.2) is 16.3 Å². The fourth-order valence-corrected chi connectivity index (χ4v) is 1.15. The number of benzene rings is 1. The SMILES string of the molecule is Cc1ccc(NOC(C)(C)C(C)(C)O)cc1Cl. The molecule has 0 aromatic heterocycles. The third-order valence-corrected chi connectivity index (χ3v) is 3.48. The molecule has 0 aliphatic heterocycles. The minimum atomic E-state index is -0.950. The molecule has 0 heterocycles. The number of aliphatic hydroxyl groups is 1. The summed E-state index contributed by atoms with van der Waals surface area (Å²) in [5.41, 5.74) is 2.92. The van der Waals surface area contributed by atoms with Crippen molar-refractivity contribution in [2.45, 2.75) is 45.8 Å². The molecule has 96 valence electrons. The van der Waals surface area contributed by atoms with Gasteiger partial charge in [0.25, 0.3) is 0 Å². The number of anilines is 1. The molecule has 0 radical (unpaired) electrons. The smallest absolute Gasteiger partial charge is 0.118 e. The highest BCUT2D eigenvalue weighted by Crippen LogP contribution is 2.26. The van der Waals surface area contributed by atoms with Gasteiger partial charge >= 0.3 is 0 Å². The molecule has 17 heavy (non-hydrogen) atoms. The van der Waals surface area contributed by atoms with E-state index in [9.17, 15) is 5.11 Å². The quantitative estimate of drug-likeness (QED) is 0.811. The van der Waals surface area contributed by atoms with Crippen molar-refractivity contribution in [3.05, 3.63) is 28.8 Å². The van der Waals surface area contributed by atoms with Crippen LogP contribution < -0.4 is 5.48 Å². The third-order valence-electron chi connectivity index (χ3n) is 3.07. The summed E-state index contributed by atoms with van der Waals surface area (Å²) in [5.74, 6) is 0. The Bertz CT molecular complexity index is 397. The van der Waals surface area contributed by atoms with Crippen molar-refractivity contribution in [1.82, 2.24) is 0 Å². The first kappa shape index (κ1) is 14.3. The topological polar surface area (TPSA) is 41.5 Å². The molecule has 1 aromatic rings. The largest absolute Gasteiger partial charge is 0.387 e. The van der Waals surface area contributed by atoms with Crippen LogP contribution in [0.15, 0.2) is 18.2 Å². The van der Waals surface area contributed by atoms with Gasteiger partial charge in [-0.3, -0.25) is 10.3 Å². The Morgan fingerprint density at radius 2 is 1.82 bits per heavy atom. The summed E-state index contributed by atoms with van der Waals surface area (Å²) < 4.78 is 0. The van der Waals surface area contributed by atoms with Crippen LogP contribution in [-0.2, 0) is 4.84 Å². The molecule has 0 bridgehead atoms. The summed E-state index contributed by atoms with van der Waals surface area (Å²) in [6.07, 6.45) is 0. The van der Waals surface area contributed by atoms with Crippen LogP contribution in [0.4, 0.5) is 5.69 Å². The van der Waals surface area contributed by atoms with Crippen LogP contribution in [0.3, 0.4) is 0 Å². The van der Waals surface area contributed by atoms with Gasteiger partial charge in [-0.1, -0.05) is 17.7 Å². The van der Waals surface area contributed by atoms with Gasteiger partial charge in [0.1, 0.15) is 5.60 Å². The second-order valence-electron chi connectivity index (χ2n) is 5.24. The fourth-order valence-electron chi connectivity index (χ4n) is 0.968. The summed E-state index contributed by atoms with van der Waals surface area (Å²) in [7, 11) is 0. The van der Waals surface area contributed by atoms with Gasteiger partial charge in [0.15, 0.2) is 0 Å². The lowest BCUT2D eigenvalue weighted by Gasteiger charge is -2.36. The summed E-state index contributed by atoms with van der Waals surface area (Å²) >= 11 is 6.01. The van der Waals surface area contributed by atoms with E-state index in [1.807, 2.05) is 32.9 Å². The first-order chi connectivity index (χ1) is 7.63. The van der Waals surface area contributed by atoms with Gasteiger partial charge in [-0.25, -0.2) is 0 Å².